The zero-order valence-electron chi connectivity index (χ0n) is 12.7. The predicted octanol–water partition coefficient (Wildman–Crippen LogP) is 3.62. The summed E-state index contributed by atoms with van der Waals surface area (Å²) in [6, 6.07) is 16.1. The lowest BCUT2D eigenvalue weighted by Crippen LogP contribution is -2.03. The molecule has 0 unspecified atom stereocenters. The van der Waals surface area contributed by atoms with Gasteiger partial charge in [0, 0.05) is 5.56 Å². The summed E-state index contributed by atoms with van der Waals surface area (Å²) in [6.07, 6.45) is 1.65. The van der Waals surface area contributed by atoms with Crippen molar-refractivity contribution in [3.8, 4) is 16.9 Å². The molecule has 1 heterocycles. The topological polar surface area (TPSA) is 47.8 Å². The lowest BCUT2D eigenvalue weighted by Gasteiger charge is -2.11. The van der Waals surface area contributed by atoms with Crippen LogP contribution in [0.15, 0.2) is 48.5 Å². The van der Waals surface area contributed by atoms with E-state index in [2.05, 4.69) is 23.3 Å². The molecule has 0 atom stereocenters. The SMILES string of the molecule is CCc1ccccc1-n1nnc(C=O)c1-c1ccc(C)cc1. The van der Waals surface area contributed by atoms with E-state index in [1.807, 2.05) is 49.4 Å². The van der Waals surface area contributed by atoms with Crippen molar-refractivity contribution in [3.63, 3.8) is 0 Å². The Bertz CT molecular complexity index is 803. The van der Waals surface area contributed by atoms with Gasteiger partial charge >= 0.3 is 0 Å². The first-order valence-corrected chi connectivity index (χ1v) is 7.30. The van der Waals surface area contributed by atoms with Crippen LogP contribution in [0.5, 0.6) is 0 Å². The second kappa shape index (κ2) is 5.93. The molecule has 2 aromatic carbocycles. The summed E-state index contributed by atoms with van der Waals surface area (Å²) in [5.41, 5.74) is 5.32. The maximum Gasteiger partial charge on any atom is 0.172 e. The molecule has 3 aromatic rings. The fourth-order valence-electron chi connectivity index (χ4n) is 2.54. The first-order chi connectivity index (χ1) is 10.7. The highest BCUT2D eigenvalue weighted by Crippen LogP contribution is 2.26. The Morgan fingerprint density at radius 2 is 1.82 bits per heavy atom. The molecule has 0 fully saturated rings. The van der Waals surface area contributed by atoms with E-state index in [4.69, 9.17) is 0 Å². The molecule has 0 saturated carbocycles. The van der Waals surface area contributed by atoms with Gasteiger partial charge in [-0.05, 0) is 25.0 Å². The number of aryl methyl sites for hydroxylation is 2. The van der Waals surface area contributed by atoms with Crippen LogP contribution in [0.25, 0.3) is 16.9 Å². The van der Waals surface area contributed by atoms with Crippen LogP contribution < -0.4 is 0 Å². The summed E-state index contributed by atoms with van der Waals surface area (Å²) in [6.45, 7) is 4.13. The van der Waals surface area contributed by atoms with Crippen LogP contribution in [-0.2, 0) is 6.42 Å². The third-order valence-electron chi connectivity index (χ3n) is 3.73. The standard InChI is InChI=1S/C18H17N3O/c1-3-14-6-4-5-7-17(14)21-18(16(12-22)19-20-21)15-10-8-13(2)9-11-15/h4-12H,3H2,1-2H3. The van der Waals surface area contributed by atoms with Gasteiger partial charge in [0.25, 0.3) is 0 Å². The van der Waals surface area contributed by atoms with Crippen molar-refractivity contribution in [3.05, 3.63) is 65.4 Å². The quantitative estimate of drug-likeness (QED) is 0.690. The Balaban J connectivity index is 2.23. The molecule has 1 aromatic heterocycles. The van der Waals surface area contributed by atoms with Gasteiger partial charge in [-0.1, -0.05) is 60.2 Å². The van der Waals surface area contributed by atoms with Gasteiger partial charge in [0.2, 0.25) is 0 Å². The number of aromatic nitrogens is 3. The summed E-state index contributed by atoms with van der Waals surface area (Å²) >= 11 is 0. The molecule has 4 heteroatoms. The molecule has 0 radical (unpaired) electrons. The molecule has 0 bridgehead atoms. The molecule has 0 aliphatic heterocycles. The van der Waals surface area contributed by atoms with Crippen LogP contribution >= 0.6 is 0 Å². The van der Waals surface area contributed by atoms with Crippen LogP contribution in [0.1, 0.15) is 28.5 Å². The van der Waals surface area contributed by atoms with Gasteiger partial charge in [0.05, 0.1) is 5.69 Å². The normalized spacial score (nSPS) is 10.6. The van der Waals surface area contributed by atoms with E-state index in [1.54, 1.807) is 4.68 Å². The lowest BCUT2D eigenvalue weighted by molar-refractivity contribution is 0.111. The number of aldehydes is 1. The number of nitrogens with zero attached hydrogens (tertiary/aromatic N) is 3. The number of benzene rings is 2. The van der Waals surface area contributed by atoms with Crippen LogP contribution in [0.3, 0.4) is 0 Å². The molecular formula is C18H17N3O. The molecule has 4 nitrogen and oxygen atoms in total. The minimum atomic E-state index is 0.356. The van der Waals surface area contributed by atoms with Crippen molar-refractivity contribution < 1.29 is 4.79 Å². The smallest absolute Gasteiger partial charge is 0.172 e. The van der Waals surface area contributed by atoms with E-state index in [9.17, 15) is 4.79 Å². The zero-order chi connectivity index (χ0) is 15.5. The Labute approximate surface area is 129 Å². The molecule has 22 heavy (non-hydrogen) atoms. The summed E-state index contributed by atoms with van der Waals surface area (Å²) in [5, 5.41) is 8.23. The van der Waals surface area contributed by atoms with Gasteiger partial charge < -0.3 is 0 Å². The van der Waals surface area contributed by atoms with Crippen molar-refractivity contribution in [2.75, 3.05) is 0 Å². The number of hydrogen-bond donors (Lipinski definition) is 0. The molecule has 110 valence electrons. The lowest BCUT2D eigenvalue weighted by atomic mass is 10.1. The van der Waals surface area contributed by atoms with Crippen molar-refractivity contribution in [2.24, 2.45) is 0 Å². The van der Waals surface area contributed by atoms with Gasteiger partial charge in [-0.3, -0.25) is 4.79 Å². The van der Waals surface area contributed by atoms with Crippen LogP contribution in [0.2, 0.25) is 0 Å². The van der Waals surface area contributed by atoms with Gasteiger partial charge in [-0.15, -0.1) is 5.10 Å². The average Bonchev–Trinajstić information content (AvgIpc) is 2.99. The van der Waals surface area contributed by atoms with Crippen molar-refractivity contribution in [2.45, 2.75) is 20.3 Å². The zero-order valence-corrected chi connectivity index (χ0v) is 12.7. The van der Waals surface area contributed by atoms with Gasteiger partial charge in [0.15, 0.2) is 12.0 Å². The molecule has 3 rings (SSSR count). The van der Waals surface area contributed by atoms with E-state index in [1.165, 1.54) is 11.1 Å². The minimum absolute atomic E-state index is 0.356. The molecule has 0 saturated heterocycles. The highest BCUT2D eigenvalue weighted by molar-refractivity contribution is 5.84. The maximum atomic E-state index is 11.4. The second-order valence-corrected chi connectivity index (χ2v) is 5.20. The third kappa shape index (κ3) is 2.44. The van der Waals surface area contributed by atoms with E-state index in [0.29, 0.717) is 5.69 Å². The summed E-state index contributed by atoms with van der Waals surface area (Å²) < 4.78 is 1.76. The number of hydrogen-bond acceptors (Lipinski definition) is 3. The predicted molar refractivity (Wildman–Crippen MR) is 86.3 cm³/mol. The maximum absolute atomic E-state index is 11.4. The van der Waals surface area contributed by atoms with Crippen molar-refractivity contribution in [1.29, 1.82) is 0 Å². The van der Waals surface area contributed by atoms with Crippen LogP contribution in [0, 0.1) is 6.92 Å². The Hall–Kier alpha value is -2.75. The second-order valence-electron chi connectivity index (χ2n) is 5.20. The molecule has 0 N–H and O–H groups in total. The van der Waals surface area contributed by atoms with E-state index < -0.39 is 0 Å². The molecular weight excluding hydrogens is 274 g/mol. The Morgan fingerprint density at radius 3 is 2.50 bits per heavy atom. The number of carbonyl (C=O) groups excluding carboxylic acids is 1. The van der Waals surface area contributed by atoms with E-state index in [0.717, 1.165) is 29.7 Å². The minimum Gasteiger partial charge on any atom is -0.296 e. The highest BCUT2D eigenvalue weighted by Gasteiger charge is 2.17. The van der Waals surface area contributed by atoms with Crippen molar-refractivity contribution in [1.82, 2.24) is 15.0 Å². The van der Waals surface area contributed by atoms with Gasteiger partial charge in [0.1, 0.15) is 5.69 Å². The first-order valence-electron chi connectivity index (χ1n) is 7.30. The van der Waals surface area contributed by atoms with Gasteiger partial charge in [-0.25, -0.2) is 4.68 Å². The Kier molecular flexibility index (Phi) is 3.83. The van der Waals surface area contributed by atoms with E-state index in [-0.39, 0.29) is 0 Å². The molecule has 0 spiro atoms. The number of para-hydroxylation sites is 1. The summed E-state index contributed by atoms with van der Waals surface area (Å²) in [4.78, 5) is 11.4. The van der Waals surface area contributed by atoms with Crippen molar-refractivity contribution >= 4 is 6.29 Å². The largest absolute Gasteiger partial charge is 0.296 e. The van der Waals surface area contributed by atoms with Crippen LogP contribution in [-0.4, -0.2) is 21.3 Å². The first kappa shape index (κ1) is 14.2. The average molecular weight is 291 g/mol. The number of carbonyl (C=O) groups is 1. The molecule has 0 amide bonds. The number of rotatable bonds is 4. The third-order valence-corrected chi connectivity index (χ3v) is 3.73. The monoisotopic (exact) mass is 291 g/mol. The molecule has 0 aliphatic carbocycles. The fraction of sp³-hybridized carbons (Fsp3) is 0.167. The highest BCUT2D eigenvalue weighted by atomic mass is 16.1. The van der Waals surface area contributed by atoms with Crippen LogP contribution in [0.4, 0.5) is 0 Å². The molecule has 0 aliphatic rings. The summed E-state index contributed by atoms with van der Waals surface area (Å²) in [7, 11) is 0. The summed E-state index contributed by atoms with van der Waals surface area (Å²) in [5.74, 6) is 0. The van der Waals surface area contributed by atoms with E-state index >= 15 is 0 Å². The Morgan fingerprint density at radius 1 is 1.09 bits per heavy atom. The fourth-order valence-corrected chi connectivity index (χ4v) is 2.54. The van der Waals surface area contributed by atoms with Gasteiger partial charge in [-0.2, -0.15) is 0 Å².